The highest BCUT2D eigenvalue weighted by atomic mass is 32.2. The van der Waals surface area contributed by atoms with Crippen LogP contribution in [0.15, 0.2) is 5.16 Å². The van der Waals surface area contributed by atoms with Crippen LogP contribution >= 0.6 is 11.8 Å². The third-order valence-electron chi connectivity index (χ3n) is 6.14. The summed E-state index contributed by atoms with van der Waals surface area (Å²) in [5.41, 5.74) is 0. The molecule has 2 aliphatic rings. The first kappa shape index (κ1) is 20.6. The maximum absolute atomic E-state index is 12.8. The Kier molecular flexibility index (Phi) is 7.20. The van der Waals surface area contributed by atoms with Crippen molar-refractivity contribution < 1.29 is 4.79 Å². The predicted molar refractivity (Wildman–Crippen MR) is 110 cm³/mol. The van der Waals surface area contributed by atoms with Crippen LogP contribution in [0.3, 0.4) is 0 Å². The van der Waals surface area contributed by atoms with Gasteiger partial charge in [-0.3, -0.25) is 9.69 Å². The molecule has 2 heterocycles. The second-order valence-corrected chi connectivity index (χ2v) is 9.15. The third kappa shape index (κ3) is 4.86. The first-order chi connectivity index (χ1) is 13.0. The molecule has 1 atom stereocenters. The van der Waals surface area contributed by atoms with E-state index in [9.17, 15) is 4.79 Å². The molecule has 2 fully saturated rings. The van der Waals surface area contributed by atoms with Crippen molar-refractivity contribution in [1.29, 1.82) is 0 Å². The van der Waals surface area contributed by atoms with E-state index in [1.807, 2.05) is 11.9 Å². The molecule has 0 bridgehead atoms. The molecule has 0 N–H and O–H groups in total. The van der Waals surface area contributed by atoms with Crippen LogP contribution in [-0.4, -0.2) is 69.5 Å². The number of nitrogens with zero attached hydrogens (tertiary/aromatic N) is 5. The fourth-order valence-electron chi connectivity index (χ4n) is 4.58. The molecule has 1 amide bonds. The Labute approximate surface area is 168 Å². The average molecular weight is 394 g/mol. The molecular weight excluding hydrogens is 358 g/mol. The minimum atomic E-state index is 0.276. The van der Waals surface area contributed by atoms with Gasteiger partial charge < -0.3 is 9.47 Å². The standard InChI is InChI=1S/C20H35N5OS/c1-15(2)25-19(21-22-20(25)27-4)16-9-8-12-24(13-16)14-18(26)23(3)17-10-6-5-7-11-17/h15-17H,5-14H2,1-4H3/t16-/m1/s1. The second kappa shape index (κ2) is 9.41. The minimum Gasteiger partial charge on any atom is -0.342 e. The van der Waals surface area contributed by atoms with Crippen molar-refractivity contribution in [2.75, 3.05) is 32.9 Å². The smallest absolute Gasteiger partial charge is 0.236 e. The molecule has 3 rings (SSSR count). The number of thioether (sulfide) groups is 1. The summed E-state index contributed by atoms with van der Waals surface area (Å²) in [6.45, 7) is 6.83. The van der Waals surface area contributed by atoms with Gasteiger partial charge in [-0.1, -0.05) is 31.0 Å². The zero-order valence-electron chi connectivity index (χ0n) is 17.4. The normalized spacial score (nSPS) is 22.3. The molecule has 27 heavy (non-hydrogen) atoms. The summed E-state index contributed by atoms with van der Waals surface area (Å²) in [6, 6.07) is 0.798. The molecular formula is C20H35N5OS. The van der Waals surface area contributed by atoms with Crippen LogP contribution in [-0.2, 0) is 4.79 Å². The number of hydrogen-bond donors (Lipinski definition) is 0. The van der Waals surface area contributed by atoms with Gasteiger partial charge in [0.05, 0.1) is 6.54 Å². The molecule has 7 heteroatoms. The summed E-state index contributed by atoms with van der Waals surface area (Å²) >= 11 is 1.65. The largest absolute Gasteiger partial charge is 0.342 e. The highest BCUT2D eigenvalue weighted by Gasteiger charge is 2.30. The van der Waals surface area contributed by atoms with Crippen molar-refractivity contribution in [2.45, 2.75) is 82.0 Å². The van der Waals surface area contributed by atoms with E-state index in [-0.39, 0.29) is 5.91 Å². The number of aromatic nitrogens is 3. The molecule has 1 saturated carbocycles. The molecule has 152 valence electrons. The van der Waals surface area contributed by atoms with Gasteiger partial charge in [-0.05, 0) is 52.3 Å². The lowest BCUT2D eigenvalue weighted by Gasteiger charge is -2.36. The van der Waals surface area contributed by atoms with Gasteiger partial charge in [0.25, 0.3) is 0 Å². The molecule has 0 unspecified atom stereocenters. The zero-order valence-corrected chi connectivity index (χ0v) is 18.2. The molecule has 0 spiro atoms. The molecule has 6 nitrogen and oxygen atoms in total. The predicted octanol–water partition coefficient (Wildman–Crippen LogP) is 3.55. The summed E-state index contributed by atoms with van der Waals surface area (Å²) < 4.78 is 2.27. The monoisotopic (exact) mass is 393 g/mol. The third-order valence-corrected chi connectivity index (χ3v) is 6.78. The number of carbonyl (C=O) groups is 1. The topological polar surface area (TPSA) is 54.3 Å². The Bertz CT molecular complexity index is 626. The van der Waals surface area contributed by atoms with E-state index in [2.05, 4.69) is 39.8 Å². The van der Waals surface area contributed by atoms with E-state index >= 15 is 0 Å². The second-order valence-electron chi connectivity index (χ2n) is 8.38. The summed E-state index contributed by atoms with van der Waals surface area (Å²) in [4.78, 5) is 17.2. The summed E-state index contributed by atoms with van der Waals surface area (Å²) in [5.74, 6) is 1.73. The average Bonchev–Trinajstić information content (AvgIpc) is 3.13. The fourth-order valence-corrected chi connectivity index (χ4v) is 5.20. The molecule has 1 aromatic heterocycles. The highest BCUT2D eigenvalue weighted by Crippen LogP contribution is 2.30. The molecule has 1 aliphatic heterocycles. The number of amides is 1. The zero-order chi connectivity index (χ0) is 19.4. The van der Waals surface area contributed by atoms with Crippen molar-refractivity contribution >= 4 is 17.7 Å². The van der Waals surface area contributed by atoms with Gasteiger partial charge in [-0.25, -0.2) is 0 Å². The van der Waals surface area contributed by atoms with E-state index in [4.69, 9.17) is 0 Å². The lowest BCUT2D eigenvalue weighted by atomic mass is 9.94. The first-order valence-electron chi connectivity index (χ1n) is 10.5. The lowest BCUT2D eigenvalue weighted by molar-refractivity contribution is -0.134. The van der Waals surface area contributed by atoms with Gasteiger partial charge in [0.15, 0.2) is 5.16 Å². The van der Waals surface area contributed by atoms with E-state index in [1.165, 1.54) is 32.1 Å². The van der Waals surface area contributed by atoms with Crippen LogP contribution in [0, 0.1) is 0 Å². The number of likely N-dealkylation sites (N-methyl/N-ethyl adjacent to an activating group) is 1. The van der Waals surface area contributed by atoms with E-state index in [0.717, 1.165) is 36.9 Å². The van der Waals surface area contributed by atoms with Gasteiger partial charge in [-0.15, -0.1) is 10.2 Å². The lowest BCUT2D eigenvalue weighted by Crippen LogP contribution is -2.46. The Hall–Kier alpha value is -1.08. The van der Waals surface area contributed by atoms with Crippen molar-refractivity contribution in [1.82, 2.24) is 24.6 Å². The van der Waals surface area contributed by atoms with Crippen LogP contribution in [0.25, 0.3) is 0 Å². The molecule has 1 saturated heterocycles. The van der Waals surface area contributed by atoms with Crippen molar-refractivity contribution in [3.8, 4) is 0 Å². The molecule has 0 aromatic carbocycles. The highest BCUT2D eigenvalue weighted by molar-refractivity contribution is 7.98. The first-order valence-corrected chi connectivity index (χ1v) is 11.7. The maximum atomic E-state index is 12.8. The van der Waals surface area contributed by atoms with Crippen LogP contribution in [0.5, 0.6) is 0 Å². The number of rotatable bonds is 6. The maximum Gasteiger partial charge on any atom is 0.236 e. The Morgan fingerprint density at radius 1 is 1.19 bits per heavy atom. The van der Waals surface area contributed by atoms with Gasteiger partial charge in [0.2, 0.25) is 5.91 Å². The van der Waals surface area contributed by atoms with Gasteiger partial charge >= 0.3 is 0 Å². The Morgan fingerprint density at radius 2 is 1.93 bits per heavy atom. The minimum absolute atomic E-state index is 0.276. The molecule has 0 radical (unpaired) electrons. The van der Waals surface area contributed by atoms with Gasteiger partial charge in [0.1, 0.15) is 5.82 Å². The van der Waals surface area contributed by atoms with Gasteiger partial charge in [0, 0.05) is 31.6 Å². The van der Waals surface area contributed by atoms with Crippen molar-refractivity contribution in [3.05, 3.63) is 5.82 Å². The van der Waals surface area contributed by atoms with E-state index < -0.39 is 0 Å². The quantitative estimate of drug-likeness (QED) is 0.692. The number of hydrogen-bond acceptors (Lipinski definition) is 5. The molecule has 1 aromatic rings. The fraction of sp³-hybridized carbons (Fsp3) is 0.850. The van der Waals surface area contributed by atoms with Crippen molar-refractivity contribution in [2.24, 2.45) is 0 Å². The number of likely N-dealkylation sites (tertiary alicyclic amines) is 1. The molecule has 1 aliphatic carbocycles. The van der Waals surface area contributed by atoms with Crippen LogP contribution in [0.1, 0.15) is 76.6 Å². The number of carbonyl (C=O) groups excluding carboxylic acids is 1. The summed E-state index contributed by atoms with van der Waals surface area (Å²) in [5, 5.41) is 9.90. The van der Waals surface area contributed by atoms with Gasteiger partial charge in [-0.2, -0.15) is 0 Å². The summed E-state index contributed by atoms with van der Waals surface area (Å²) in [6.07, 6.45) is 10.5. The SMILES string of the molecule is CSc1nnc([C@@H]2CCCN(CC(=O)N(C)C3CCCCC3)C2)n1C(C)C. The van der Waals surface area contributed by atoms with Crippen molar-refractivity contribution in [3.63, 3.8) is 0 Å². The Balaban J connectivity index is 1.62. The van der Waals surface area contributed by atoms with E-state index in [1.54, 1.807) is 11.8 Å². The van der Waals surface area contributed by atoms with Crippen LogP contribution in [0.2, 0.25) is 0 Å². The van der Waals surface area contributed by atoms with E-state index in [0.29, 0.717) is 24.5 Å². The van der Waals surface area contributed by atoms with Crippen LogP contribution < -0.4 is 0 Å². The van der Waals surface area contributed by atoms with Crippen LogP contribution in [0.4, 0.5) is 0 Å². The number of piperidine rings is 1. The Morgan fingerprint density at radius 3 is 2.59 bits per heavy atom. The summed E-state index contributed by atoms with van der Waals surface area (Å²) in [7, 11) is 2.00.